The van der Waals surface area contributed by atoms with Gasteiger partial charge in [-0.05, 0) is 30.7 Å². The molecule has 1 amide bonds. The van der Waals surface area contributed by atoms with Gasteiger partial charge in [0.2, 0.25) is 5.91 Å². The average Bonchev–Trinajstić information content (AvgIpc) is 2.38. The molecule has 1 atom stereocenters. The van der Waals surface area contributed by atoms with E-state index in [0.29, 0.717) is 0 Å². The maximum absolute atomic E-state index is 11.8. The predicted octanol–water partition coefficient (Wildman–Crippen LogP) is 3.35. The van der Waals surface area contributed by atoms with Crippen molar-refractivity contribution < 1.29 is 4.79 Å². The number of halogens is 1. The van der Waals surface area contributed by atoms with Gasteiger partial charge < -0.3 is 5.32 Å². The number of alkyl halides is 1. The zero-order valence-electron chi connectivity index (χ0n) is 9.48. The molecule has 0 fully saturated rings. The first kappa shape index (κ1) is 12.0. The number of rotatable bonds is 3. The van der Waals surface area contributed by atoms with E-state index in [1.54, 1.807) is 6.20 Å². The number of pyridine rings is 1. The maximum atomic E-state index is 11.8. The number of amides is 1. The van der Waals surface area contributed by atoms with Crippen LogP contribution < -0.4 is 5.32 Å². The van der Waals surface area contributed by atoms with E-state index in [1.807, 2.05) is 37.3 Å². The van der Waals surface area contributed by atoms with Crippen LogP contribution in [0.15, 0.2) is 36.5 Å². The Kier molecular flexibility index (Phi) is 3.74. The van der Waals surface area contributed by atoms with Crippen LogP contribution in [0.5, 0.6) is 0 Å². The van der Waals surface area contributed by atoms with Crippen LogP contribution in [0, 0.1) is 0 Å². The summed E-state index contributed by atoms with van der Waals surface area (Å²) in [4.78, 5) is 15.9. The van der Waals surface area contributed by atoms with Gasteiger partial charge in [-0.15, -0.1) is 0 Å². The number of aromatic nitrogens is 1. The first-order chi connectivity index (χ1) is 8.22. The van der Waals surface area contributed by atoms with E-state index in [-0.39, 0.29) is 10.7 Å². The number of hydrogen-bond acceptors (Lipinski definition) is 2. The lowest BCUT2D eigenvalue weighted by Crippen LogP contribution is -2.22. The Labute approximate surface area is 108 Å². The second kappa shape index (κ2) is 5.27. The van der Waals surface area contributed by atoms with E-state index >= 15 is 0 Å². The van der Waals surface area contributed by atoms with Gasteiger partial charge in [0.1, 0.15) is 0 Å². The van der Waals surface area contributed by atoms with Gasteiger partial charge in [-0.1, -0.05) is 28.9 Å². The van der Waals surface area contributed by atoms with E-state index in [0.717, 1.165) is 23.0 Å². The Hall–Kier alpha value is -1.42. The van der Waals surface area contributed by atoms with Crippen LogP contribution >= 0.6 is 15.9 Å². The number of benzene rings is 1. The minimum atomic E-state index is -0.158. The summed E-state index contributed by atoms with van der Waals surface area (Å²) in [6.45, 7) is 1.96. The summed E-state index contributed by atoms with van der Waals surface area (Å²) in [5, 5.41) is 3.87. The number of hydrogen-bond donors (Lipinski definition) is 1. The third-order valence-corrected chi connectivity index (χ3v) is 3.61. The monoisotopic (exact) mass is 292 g/mol. The number of nitrogens with zero attached hydrogens (tertiary/aromatic N) is 1. The van der Waals surface area contributed by atoms with Gasteiger partial charge in [0.25, 0.3) is 0 Å². The smallest absolute Gasteiger partial charge is 0.238 e. The van der Waals surface area contributed by atoms with Crippen molar-refractivity contribution in [2.24, 2.45) is 0 Å². The van der Waals surface area contributed by atoms with Gasteiger partial charge in [-0.3, -0.25) is 9.78 Å². The molecule has 1 aromatic carbocycles. The van der Waals surface area contributed by atoms with E-state index in [9.17, 15) is 4.79 Å². The number of carbonyl (C=O) groups is 1. The van der Waals surface area contributed by atoms with Gasteiger partial charge in [0, 0.05) is 11.6 Å². The van der Waals surface area contributed by atoms with E-state index in [2.05, 4.69) is 26.2 Å². The maximum Gasteiger partial charge on any atom is 0.238 e. The first-order valence-corrected chi connectivity index (χ1v) is 6.42. The third-order valence-electron chi connectivity index (χ3n) is 2.55. The van der Waals surface area contributed by atoms with Gasteiger partial charge in [0.05, 0.1) is 16.0 Å². The molecular weight excluding hydrogens is 280 g/mol. The molecule has 0 spiro atoms. The molecule has 0 saturated carbocycles. The highest BCUT2D eigenvalue weighted by Gasteiger charge is 2.13. The molecule has 0 aliphatic heterocycles. The summed E-state index contributed by atoms with van der Waals surface area (Å²) in [5.74, 6) is -0.0242. The Morgan fingerprint density at radius 3 is 3.00 bits per heavy atom. The second-order valence-corrected chi connectivity index (χ2v) is 4.85. The van der Waals surface area contributed by atoms with Gasteiger partial charge in [-0.25, -0.2) is 0 Å². The summed E-state index contributed by atoms with van der Waals surface area (Å²) in [7, 11) is 0. The van der Waals surface area contributed by atoms with Crippen LogP contribution in [0.4, 0.5) is 5.69 Å². The summed E-state index contributed by atoms with van der Waals surface area (Å²) in [5.41, 5.74) is 1.69. The van der Waals surface area contributed by atoms with Crippen LogP contribution in [0.25, 0.3) is 10.9 Å². The third kappa shape index (κ3) is 2.64. The Balaban J connectivity index is 2.33. The minimum absolute atomic E-state index is 0.0242. The highest BCUT2D eigenvalue weighted by atomic mass is 79.9. The van der Waals surface area contributed by atoms with Crippen LogP contribution in [0.1, 0.15) is 13.3 Å². The lowest BCUT2D eigenvalue weighted by Gasteiger charge is -2.10. The van der Waals surface area contributed by atoms with Crippen molar-refractivity contribution in [1.29, 1.82) is 0 Å². The van der Waals surface area contributed by atoms with Crippen molar-refractivity contribution in [3.05, 3.63) is 36.5 Å². The standard InChI is InChI=1S/C13H13BrN2O/c1-2-10(14)13(17)16-12-7-3-6-11-9(12)5-4-8-15-11/h3-8,10H,2H2,1H3,(H,16,17). The fraction of sp³-hybridized carbons (Fsp3) is 0.231. The number of fused-ring (bicyclic) bond motifs is 1. The molecule has 0 saturated heterocycles. The molecule has 0 bridgehead atoms. The van der Waals surface area contributed by atoms with Crippen molar-refractivity contribution in [2.75, 3.05) is 5.32 Å². The number of carbonyl (C=O) groups excluding carboxylic acids is 1. The predicted molar refractivity (Wildman–Crippen MR) is 73.4 cm³/mol. The number of anilines is 1. The summed E-state index contributed by atoms with van der Waals surface area (Å²) in [6.07, 6.45) is 2.50. The molecule has 1 heterocycles. The molecule has 1 N–H and O–H groups in total. The van der Waals surface area contributed by atoms with Crippen molar-refractivity contribution in [3.8, 4) is 0 Å². The lowest BCUT2D eigenvalue weighted by molar-refractivity contribution is -0.115. The molecule has 4 heteroatoms. The molecule has 1 aromatic heterocycles. The molecule has 17 heavy (non-hydrogen) atoms. The molecular formula is C13H13BrN2O. The van der Waals surface area contributed by atoms with Crippen LogP contribution in [0.2, 0.25) is 0 Å². The Morgan fingerprint density at radius 1 is 1.41 bits per heavy atom. The number of nitrogens with one attached hydrogen (secondary N) is 1. The molecule has 88 valence electrons. The minimum Gasteiger partial charge on any atom is -0.324 e. The lowest BCUT2D eigenvalue weighted by atomic mass is 10.2. The fourth-order valence-electron chi connectivity index (χ4n) is 1.61. The summed E-state index contributed by atoms with van der Waals surface area (Å²) >= 11 is 3.34. The molecule has 2 rings (SSSR count). The topological polar surface area (TPSA) is 42.0 Å². The van der Waals surface area contributed by atoms with Crippen LogP contribution in [-0.2, 0) is 4.79 Å². The normalized spacial score (nSPS) is 12.4. The van der Waals surface area contributed by atoms with Gasteiger partial charge in [0.15, 0.2) is 0 Å². The highest BCUT2D eigenvalue weighted by molar-refractivity contribution is 9.10. The van der Waals surface area contributed by atoms with E-state index < -0.39 is 0 Å². The first-order valence-electron chi connectivity index (χ1n) is 5.51. The highest BCUT2D eigenvalue weighted by Crippen LogP contribution is 2.22. The fourth-order valence-corrected chi connectivity index (χ4v) is 1.72. The zero-order valence-corrected chi connectivity index (χ0v) is 11.1. The quantitative estimate of drug-likeness (QED) is 0.882. The summed E-state index contributed by atoms with van der Waals surface area (Å²) in [6, 6.07) is 9.52. The summed E-state index contributed by atoms with van der Waals surface area (Å²) < 4.78 is 0. The SMILES string of the molecule is CCC(Br)C(=O)Nc1cccc2ncccc12. The van der Waals surface area contributed by atoms with Crippen molar-refractivity contribution >= 4 is 38.4 Å². The molecule has 3 nitrogen and oxygen atoms in total. The van der Waals surface area contributed by atoms with Crippen molar-refractivity contribution in [3.63, 3.8) is 0 Å². The second-order valence-electron chi connectivity index (χ2n) is 3.74. The molecule has 0 radical (unpaired) electrons. The zero-order chi connectivity index (χ0) is 12.3. The largest absolute Gasteiger partial charge is 0.324 e. The molecule has 0 aliphatic rings. The molecule has 2 aromatic rings. The van der Waals surface area contributed by atoms with Crippen molar-refractivity contribution in [1.82, 2.24) is 4.98 Å². The van der Waals surface area contributed by atoms with Crippen LogP contribution in [0.3, 0.4) is 0 Å². The van der Waals surface area contributed by atoms with Gasteiger partial charge in [-0.2, -0.15) is 0 Å². The van der Waals surface area contributed by atoms with Crippen LogP contribution in [-0.4, -0.2) is 15.7 Å². The van der Waals surface area contributed by atoms with Crippen molar-refractivity contribution in [2.45, 2.75) is 18.2 Å². The Bertz CT molecular complexity index is 536. The van der Waals surface area contributed by atoms with Gasteiger partial charge >= 0.3 is 0 Å². The Morgan fingerprint density at radius 2 is 2.24 bits per heavy atom. The molecule has 0 aliphatic carbocycles. The van der Waals surface area contributed by atoms with E-state index in [1.165, 1.54) is 0 Å². The average molecular weight is 293 g/mol. The molecule has 1 unspecified atom stereocenters. The van der Waals surface area contributed by atoms with E-state index in [4.69, 9.17) is 0 Å².